The zero-order chi connectivity index (χ0) is 33.8. The molecule has 3 fully saturated rings. The first-order valence-electron chi connectivity index (χ1n) is 17.3. The average molecular weight is 790 g/mol. The minimum absolute atomic E-state index is 0.00802. The molecule has 2 aromatic carbocycles. The number of halogens is 2. The standard InChI is InChI=1S/C36H47Br2N5O5/c1-40-14-7-25(8-15-40)26-9-16-41(17-10-26)34(44)33(22-24-3-5-30(37)31(38)21-24)48-36(46)42-18-12-28(13-19-42)43-20-11-27-23-29(47-2)4-6-32(27)39-35(43)45/h3-6,21,23,25-26,28,33H,7-20,22H2,1-2H3,(H,39,45)/t33-/m1/s1. The molecule has 4 heterocycles. The van der Waals surface area contributed by atoms with E-state index in [0.717, 1.165) is 69.8 Å². The van der Waals surface area contributed by atoms with E-state index in [9.17, 15) is 14.4 Å². The Morgan fingerprint density at radius 1 is 0.854 bits per heavy atom. The maximum atomic E-state index is 14.0. The van der Waals surface area contributed by atoms with E-state index in [-0.39, 0.29) is 18.0 Å². The molecule has 260 valence electrons. The molecular weight excluding hydrogens is 742 g/mol. The molecule has 0 spiro atoms. The van der Waals surface area contributed by atoms with Crippen LogP contribution in [0.4, 0.5) is 15.3 Å². The number of urea groups is 1. The van der Waals surface area contributed by atoms with Crippen LogP contribution in [-0.4, -0.2) is 110 Å². The highest BCUT2D eigenvalue weighted by molar-refractivity contribution is 9.13. The third-order valence-corrected chi connectivity index (χ3v) is 12.7. The molecule has 4 aliphatic heterocycles. The lowest BCUT2D eigenvalue weighted by Crippen LogP contribution is -2.52. The van der Waals surface area contributed by atoms with Gasteiger partial charge in [-0.1, -0.05) is 6.07 Å². The predicted octanol–water partition coefficient (Wildman–Crippen LogP) is 6.40. The van der Waals surface area contributed by atoms with E-state index in [4.69, 9.17) is 9.47 Å². The van der Waals surface area contributed by atoms with Gasteiger partial charge in [-0.05, 0) is 150 Å². The predicted molar refractivity (Wildman–Crippen MR) is 192 cm³/mol. The van der Waals surface area contributed by atoms with Crippen LogP contribution < -0.4 is 10.1 Å². The number of hydrogen-bond acceptors (Lipinski definition) is 6. The summed E-state index contributed by atoms with van der Waals surface area (Å²) in [5.41, 5.74) is 2.77. The average Bonchev–Trinajstić information content (AvgIpc) is 3.27. The van der Waals surface area contributed by atoms with Gasteiger partial charge in [-0.15, -0.1) is 0 Å². The maximum absolute atomic E-state index is 14.0. The molecule has 0 saturated carbocycles. The topological polar surface area (TPSA) is 94.7 Å². The molecule has 0 aliphatic carbocycles. The number of carbonyl (C=O) groups is 3. The van der Waals surface area contributed by atoms with E-state index in [1.807, 2.05) is 46.2 Å². The normalized spacial score (nSPS) is 20.9. The van der Waals surface area contributed by atoms with Crippen molar-refractivity contribution in [1.29, 1.82) is 0 Å². The summed E-state index contributed by atoms with van der Waals surface area (Å²) >= 11 is 7.10. The Kier molecular flexibility index (Phi) is 11.5. The minimum Gasteiger partial charge on any atom is -0.497 e. The molecular formula is C36H47Br2N5O5. The number of nitrogens with one attached hydrogen (secondary N) is 1. The van der Waals surface area contributed by atoms with Crippen LogP contribution in [0.5, 0.6) is 5.75 Å². The lowest BCUT2D eigenvalue weighted by Gasteiger charge is -2.40. The maximum Gasteiger partial charge on any atom is 0.410 e. The summed E-state index contributed by atoms with van der Waals surface area (Å²) < 4.78 is 13.3. The fraction of sp³-hybridized carbons (Fsp3) is 0.583. The highest BCUT2D eigenvalue weighted by Gasteiger charge is 2.37. The number of ether oxygens (including phenoxy) is 2. The van der Waals surface area contributed by atoms with Crippen molar-refractivity contribution in [2.45, 2.75) is 63.5 Å². The number of fused-ring (bicyclic) bond motifs is 1. The highest BCUT2D eigenvalue weighted by Crippen LogP contribution is 2.33. The van der Waals surface area contributed by atoms with Gasteiger partial charge in [0.25, 0.3) is 5.91 Å². The second kappa shape index (κ2) is 15.8. The number of amides is 4. The number of benzene rings is 2. The van der Waals surface area contributed by atoms with Crippen molar-refractivity contribution in [2.75, 3.05) is 65.3 Å². The monoisotopic (exact) mass is 787 g/mol. The first kappa shape index (κ1) is 35.0. The number of likely N-dealkylation sites (tertiary alicyclic amines) is 3. The number of carbonyl (C=O) groups excluding carboxylic acids is 3. The van der Waals surface area contributed by atoms with Gasteiger partial charge in [0.2, 0.25) is 0 Å². The van der Waals surface area contributed by atoms with Crippen LogP contribution in [0.2, 0.25) is 0 Å². The van der Waals surface area contributed by atoms with Gasteiger partial charge in [0.05, 0.1) is 7.11 Å². The molecule has 48 heavy (non-hydrogen) atoms. The second-order valence-corrected chi connectivity index (χ2v) is 15.5. The van der Waals surface area contributed by atoms with Crippen molar-refractivity contribution >= 4 is 55.6 Å². The lowest BCUT2D eigenvalue weighted by atomic mass is 9.79. The molecule has 2 aromatic rings. The van der Waals surface area contributed by atoms with Crippen molar-refractivity contribution in [1.82, 2.24) is 19.6 Å². The van der Waals surface area contributed by atoms with Crippen molar-refractivity contribution in [3.63, 3.8) is 0 Å². The van der Waals surface area contributed by atoms with Gasteiger partial charge in [-0.2, -0.15) is 0 Å². The molecule has 6 rings (SSSR count). The van der Waals surface area contributed by atoms with Crippen LogP contribution >= 0.6 is 31.9 Å². The number of methoxy groups -OCH3 is 1. The number of rotatable bonds is 7. The van der Waals surface area contributed by atoms with Gasteiger partial charge < -0.3 is 34.4 Å². The number of anilines is 1. The first-order chi connectivity index (χ1) is 23.2. The molecule has 12 heteroatoms. The zero-order valence-electron chi connectivity index (χ0n) is 28.0. The molecule has 0 aromatic heterocycles. The highest BCUT2D eigenvalue weighted by atomic mass is 79.9. The van der Waals surface area contributed by atoms with Crippen LogP contribution in [0.1, 0.15) is 49.7 Å². The Bertz CT molecular complexity index is 1470. The van der Waals surface area contributed by atoms with E-state index in [2.05, 4.69) is 49.1 Å². The van der Waals surface area contributed by atoms with E-state index in [1.54, 1.807) is 12.0 Å². The fourth-order valence-electron chi connectivity index (χ4n) is 7.81. The summed E-state index contributed by atoms with van der Waals surface area (Å²) in [6.45, 7) is 5.21. The third kappa shape index (κ3) is 8.30. The summed E-state index contributed by atoms with van der Waals surface area (Å²) in [6, 6.07) is 11.5. The molecule has 1 N–H and O–H groups in total. The second-order valence-electron chi connectivity index (χ2n) is 13.7. The Morgan fingerprint density at radius 3 is 2.19 bits per heavy atom. The summed E-state index contributed by atoms with van der Waals surface area (Å²) in [6.07, 6.45) is 5.40. The first-order valence-corrected chi connectivity index (χ1v) is 18.9. The smallest absolute Gasteiger partial charge is 0.410 e. The van der Waals surface area contributed by atoms with Crippen molar-refractivity contribution in [3.8, 4) is 5.75 Å². The quantitative estimate of drug-likeness (QED) is 0.349. The van der Waals surface area contributed by atoms with Crippen LogP contribution in [-0.2, 0) is 22.4 Å². The fourth-order valence-corrected chi connectivity index (χ4v) is 8.49. The Morgan fingerprint density at radius 2 is 1.52 bits per heavy atom. The molecule has 4 aliphatic rings. The molecule has 1 atom stereocenters. The summed E-state index contributed by atoms with van der Waals surface area (Å²) in [4.78, 5) is 48.7. The van der Waals surface area contributed by atoms with Gasteiger partial charge in [-0.25, -0.2) is 9.59 Å². The van der Waals surface area contributed by atoms with E-state index < -0.39 is 12.2 Å². The Balaban J connectivity index is 1.06. The number of hydrogen-bond donors (Lipinski definition) is 1. The molecule has 0 radical (unpaired) electrons. The molecule has 3 saturated heterocycles. The van der Waals surface area contributed by atoms with Crippen molar-refractivity contribution in [3.05, 3.63) is 56.5 Å². The summed E-state index contributed by atoms with van der Waals surface area (Å²) in [5, 5.41) is 3.05. The van der Waals surface area contributed by atoms with Crippen LogP contribution in [0, 0.1) is 11.8 Å². The van der Waals surface area contributed by atoms with Crippen molar-refractivity contribution in [2.24, 2.45) is 11.8 Å². The zero-order valence-corrected chi connectivity index (χ0v) is 31.1. The van der Waals surface area contributed by atoms with E-state index >= 15 is 0 Å². The minimum atomic E-state index is -0.907. The van der Waals surface area contributed by atoms with Gasteiger partial charge in [0.15, 0.2) is 6.10 Å². The summed E-state index contributed by atoms with van der Waals surface area (Å²) in [5.74, 6) is 2.03. The number of nitrogens with zero attached hydrogens (tertiary/aromatic N) is 4. The van der Waals surface area contributed by atoms with Gasteiger partial charge in [0.1, 0.15) is 5.75 Å². The molecule has 4 amide bonds. The number of piperidine rings is 3. The van der Waals surface area contributed by atoms with Gasteiger partial charge in [-0.3, -0.25) is 4.79 Å². The van der Waals surface area contributed by atoms with Crippen LogP contribution in [0.3, 0.4) is 0 Å². The summed E-state index contributed by atoms with van der Waals surface area (Å²) in [7, 11) is 3.83. The van der Waals surface area contributed by atoms with Crippen LogP contribution in [0.25, 0.3) is 0 Å². The van der Waals surface area contributed by atoms with E-state index in [0.29, 0.717) is 57.9 Å². The van der Waals surface area contributed by atoms with Gasteiger partial charge in [0, 0.05) is 59.8 Å². The lowest BCUT2D eigenvalue weighted by molar-refractivity contribution is -0.142. The largest absolute Gasteiger partial charge is 0.497 e. The van der Waals surface area contributed by atoms with E-state index in [1.165, 1.54) is 12.8 Å². The Labute approximate surface area is 300 Å². The molecule has 10 nitrogen and oxygen atoms in total. The van der Waals surface area contributed by atoms with Crippen molar-refractivity contribution < 1.29 is 23.9 Å². The Hall–Kier alpha value is -2.83. The molecule has 0 unspecified atom stereocenters. The molecule has 0 bridgehead atoms. The van der Waals surface area contributed by atoms with Gasteiger partial charge >= 0.3 is 12.1 Å². The third-order valence-electron chi connectivity index (χ3n) is 10.8. The van der Waals surface area contributed by atoms with Crippen LogP contribution in [0.15, 0.2) is 45.3 Å². The SMILES string of the molecule is COc1ccc2c(c1)CCN(C1CCN(C(=O)O[C@H](Cc3ccc(Br)c(Br)c3)C(=O)N3CCC(C4CCN(C)CC4)CC3)CC1)C(=O)N2.